The minimum absolute atomic E-state index is 0.168. The summed E-state index contributed by atoms with van der Waals surface area (Å²) in [6.45, 7) is 7.27. The summed E-state index contributed by atoms with van der Waals surface area (Å²) in [5.74, 6) is 0. The van der Waals surface area contributed by atoms with Gasteiger partial charge in [0.05, 0.1) is 6.61 Å². The van der Waals surface area contributed by atoms with Crippen molar-refractivity contribution in [2.45, 2.75) is 26.4 Å². The van der Waals surface area contributed by atoms with Crippen molar-refractivity contribution in [1.82, 2.24) is 0 Å². The van der Waals surface area contributed by atoms with Crippen molar-refractivity contribution < 1.29 is 14.8 Å². The zero-order chi connectivity index (χ0) is 9.56. The van der Waals surface area contributed by atoms with Crippen molar-refractivity contribution in [1.29, 1.82) is 0 Å². The van der Waals surface area contributed by atoms with Crippen LogP contribution < -0.4 is 0 Å². The Bertz CT molecular complexity index is 173. The molecule has 1 unspecified atom stereocenters. The van der Waals surface area contributed by atoms with Crippen LogP contribution in [0.4, 0.5) is 0 Å². The maximum atomic E-state index is 10.4. The van der Waals surface area contributed by atoms with Crippen molar-refractivity contribution in [3.8, 4) is 0 Å². The summed E-state index contributed by atoms with van der Waals surface area (Å²) in [7, 11) is 0. The topological polar surface area (TPSA) is 55.5 Å². The van der Waals surface area contributed by atoms with Crippen LogP contribution in [0, 0.1) is 5.21 Å². The van der Waals surface area contributed by atoms with E-state index in [1.807, 2.05) is 0 Å². The van der Waals surface area contributed by atoms with E-state index in [-0.39, 0.29) is 16.7 Å². The Morgan fingerprint density at radius 1 is 1.83 bits per heavy atom. The summed E-state index contributed by atoms with van der Waals surface area (Å²) in [4.78, 5) is -0.168. The lowest BCUT2D eigenvalue weighted by Crippen LogP contribution is -2.25. The Morgan fingerprint density at radius 3 is 2.83 bits per heavy atom. The molecule has 70 valence electrons. The molecule has 0 aromatic heterocycles. The largest absolute Gasteiger partial charge is 0.418 e. The van der Waals surface area contributed by atoms with E-state index in [1.54, 1.807) is 13.0 Å². The van der Waals surface area contributed by atoms with Crippen molar-refractivity contribution in [2.24, 2.45) is 0 Å². The average Bonchev–Trinajstić information content (AvgIpc) is 2.03. The molecular formula is C8H15NO3. The molecule has 4 heteroatoms. The fraction of sp³-hybridized carbons (Fsp3) is 0.625. The Labute approximate surface area is 72.3 Å². The molecule has 0 rings (SSSR count). The highest BCUT2D eigenvalue weighted by Gasteiger charge is 2.14. The average molecular weight is 173 g/mol. The third-order valence-corrected chi connectivity index (χ3v) is 1.58. The summed E-state index contributed by atoms with van der Waals surface area (Å²) >= 11 is 0. The molecule has 4 nitrogen and oxygen atoms in total. The number of rotatable bonds is 5. The molecular weight excluding hydrogens is 158 g/mol. The Kier molecular flexibility index (Phi) is 5.12. The maximum Gasteiger partial charge on any atom is 0.246 e. The number of hydrogen-bond donors (Lipinski definition) is 1. The first-order valence-corrected chi connectivity index (χ1v) is 3.81. The predicted molar refractivity (Wildman–Crippen MR) is 46.3 cm³/mol. The van der Waals surface area contributed by atoms with Crippen LogP contribution in [0.15, 0.2) is 12.7 Å². The third-order valence-electron chi connectivity index (χ3n) is 1.58. The standard InChI is InChI=1S/C8H15NO3/c1-4-5-6-12-8(3)7(2)9(10)11/h4,8H,1,5-6H2,2-3H3,(H,10,11). The van der Waals surface area contributed by atoms with Gasteiger partial charge in [-0.15, -0.1) is 6.58 Å². The van der Waals surface area contributed by atoms with Crippen LogP contribution in [0.25, 0.3) is 0 Å². The predicted octanol–water partition coefficient (Wildman–Crippen LogP) is 1.33. The van der Waals surface area contributed by atoms with Gasteiger partial charge >= 0.3 is 0 Å². The normalized spacial score (nSPS) is 15.2. The van der Waals surface area contributed by atoms with Crippen LogP contribution in [-0.2, 0) is 4.74 Å². The lowest BCUT2D eigenvalue weighted by atomic mass is 10.3. The molecule has 0 saturated heterocycles. The number of ether oxygens (including phenoxy) is 1. The van der Waals surface area contributed by atoms with E-state index in [1.165, 1.54) is 6.92 Å². The SMILES string of the molecule is C=CCCOC(C)/C(C)=[N+](\[O-])O. The minimum atomic E-state index is -0.354. The number of nitrogens with zero attached hydrogens (tertiary/aromatic N) is 1. The first-order chi connectivity index (χ1) is 5.59. The van der Waals surface area contributed by atoms with Gasteiger partial charge < -0.3 is 9.94 Å². The second-order valence-electron chi connectivity index (χ2n) is 2.50. The highest BCUT2D eigenvalue weighted by Crippen LogP contribution is 1.95. The van der Waals surface area contributed by atoms with Gasteiger partial charge in [-0.25, -0.2) is 0 Å². The second-order valence-corrected chi connectivity index (χ2v) is 2.50. The van der Waals surface area contributed by atoms with Crippen LogP contribution in [-0.4, -0.2) is 28.5 Å². The summed E-state index contributed by atoms with van der Waals surface area (Å²) in [5.41, 5.74) is 0.249. The number of hydrogen-bond acceptors (Lipinski definition) is 3. The molecule has 0 spiro atoms. The lowest BCUT2D eigenvalue weighted by Gasteiger charge is -2.08. The van der Waals surface area contributed by atoms with Crippen molar-refractivity contribution in [3.05, 3.63) is 17.9 Å². The van der Waals surface area contributed by atoms with Gasteiger partial charge in [-0.3, -0.25) is 5.21 Å². The smallest absolute Gasteiger partial charge is 0.246 e. The molecule has 0 aliphatic heterocycles. The van der Waals surface area contributed by atoms with Crippen molar-refractivity contribution in [2.75, 3.05) is 6.61 Å². The van der Waals surface area contributed by atoms with Crippen LogP contribution in [0.3, 0.4) is 0 Å². The Balaban J connectivity index is 3.79. The zero-order valence-electron chi connectivity index (χ0n) is 7.49. The van der Waals surface area contributed by atoms with Gasteiger partial charge in [0.15, 0.2) is 0 Å². The first-order valence-electron chi connectivity index (χ1n) is 3.81. The molecule has 0 bridgehead atoms. The van der Waals surface area contributed by atoms with Gasteiger partial charge in [0.25, 0.3) is 0 Å². The van der Waals surface area contributed by atoms with Crippen molar-refractivity contribution >= 4 is 5.71 Å². The molecule has 0 aromatic rings. The quantitative estimate of drug-likeness (QED) is 0.170. The third kappa shape index (κ3) is 3.98. The first kappa shape index (κ1) is 11.0. The molecule has 0 radical (unpaired) electrons. The summed E-state index contributed by atoms with van der Waals surface area (Å²) in [5, 5.41) is 18.8. The molecule has 0 saturated carbocycles. The molecule has 0 aromatic carbocycles. The maximum absolute atomic E-state index is 10.4. The van der Waals surface area contributed by atoms with E-state index in [0.29, 0.717) is 6.61 Å². The lowest BCUT2D eigenvalue weighted by molar-refractivity contribution is -0.727. The zero-order valence-corrected chi connectivity index (χ0v) is 7.49. The summed E-state index contributed by atoms with van der Waals surface area (Å²) < 4.78 is 5.20. The Hall–Kier alpha value is -1.03. The molecule has 0 fully saturated rings. The molecule has 0 aliphatic carbocycles. The van der Waals surface area contributed by atoms with Crippen molar-refractivity contribution in [3.63, 3.8) is 0 Å². The van der Waals surface area contributed by atoms with Gasteiger partial charge in [0.1, 0.15) is 6.10 Å². The minimum Gasteiger partial charge on any atom is -0.418 e. The van der Waals surface area contributed by atoms with Gasteiger partial charge in [0.2, 0.25) is 5.71 Å². The van der Waals surface area contributed by atoms with E-state index >= 15 is 0 Å². The van der Waals surface area contributed by atoms with Crippen LogP contribution in [0.5, 0.6) is 0 Å². The monoisotopic (exact) mass is 173 g/mol. The molecule has 0 aliphatic rings. The fourth-order valence-electron chi connectivity index (χ4n) is 0.604. The van der Waals surface area contributed by atoms with Gasteiger partial charge in [-0.1, -0.05) is 6.08 Å². The van der Waals surface area contributed by atoms with Gasteiger partial charge in [-0.05, 0) is 13.3 Å². The van der Waals surface area contributed by atoms with Crippen LogP contribution in [0.1, 0.15) is 20.3 Å². The molecule has 12 heavy (non-hydrogen) atoms. The Morgan fingerprint density at radius 2 is 2.42 bits per heavy atom. The summed E-state index contributed by atoms with van der Waals surface area (Å²) in [6.07, 6.45) is 2.12. The highest BCUT2D eigenvalue weighted by atomic mass is 16.8. The molecule has 0 heterocycles. The molecule has 1 N–H and O–H groups in total. The van der Waals surface area contributed by atoms with Crippen LogP contribution in [0.2, 0.25) is 0 Å². The van der Waals surface area contributed by atoms with E-state index < -0.39 is 0 Å². The highest BCUT2D eigenvalue weighted by molar-refractivity contribution is 5.81. The van der Waals surface area contributed by atoms with E-state index in [9.17, 15) is 5.21 Å². The molecule has 1 atom stereocenters. The van der Waals surface area contributed by atoms with E-state index in [4.69, 9.17) is 9.94 Å². The van der Waals surface area contributed by atoms with Crippen LogP contribution >= 0.6 is 0 Å². The van der Waals surface area contributed by atoms with Gasteiger partial charge in [-0.2, -0.15) is 0 Å². The summed E-state index contributed by atoms with van der Waals surface area (Å²) in [6, 6.07) is 0. The van der Waals surface area contributed by atoms with E-state index in [0.717, 1.165) is 6.42 Å². The van der Waals surface area contributed by atoms with Gasteiger partial charge in [0, 0.05) is 11.8 Å². The van der Waals surface area contributed by atoms with E-state index in [2.05, 4.69) is 6.58 Å². The fourth-order valence-corrected chi connectivity index (χ4v) is 0.604. The molecule has 0 amide bonds. The second kappa shape index (κ2) is 5.60.